The van der Waals surface area contributed by atoms with E-state index in [0.29, 0.717) is 36.6 Å². The Morgan fingerprint density at radius 3 is 2.61 bits per heavy atom. The summed E-state index contributed by atoms with van der Waals surface area (Å²) in [5.74, 6) is -0.974. The Hall–Kier alpha value is -2.89. The van der Waals surface area contributed by atoms with E-state index in [4.69, 9.17) is 11.5 Å². The average molecular weight is 411 g/mol. The fourth-order valence-electron chi connectivity index (χ4n) is 3.15. The third-order valence-electron chi connectivity index (χ3n) is 4.72. The van der Waals surface area contributed by atoms with Crippen LogP contribution in [0.2, 0.25) is 0 Å². The second-order valence-electron chi connectivity index (χ2n) is 6.56. The number of amides is 1. The van der Waals surface area contributed by atoms with Gasteiger partial charge in [0.2, 0.25) is 16.0 Å². The van der Waals surface area contributed by atoms with Crippen LogP contribution in [0.25, 0.3) is 16.2 Å². The topological polar surface area (TPSA) is 115 Å². The fourth-order valence-corrected chi connectivity index (χ4v) is 4.09. The van der Waals surface area contributed by atoms with E-state index in [1.54, 1.807) is 6.20 Å². The molecule has 0 aromatic carbocycles. The fraction of sp³-hybridized carbons (Fsp3) is 0.375. The summed E-state index contributed by atoms with van der Waals surface area (Å²) in [6.45, 7) is 1.32. The molecular formula is C16H16F3N7OS. The lowest BCUT2D eigenvalue weighted by atomic mass is 9.97. The molecule has 28 heavy (non-hydrogen) atoms. The van der Waals surface area contributed by atoms with Gasteiger partial charge in [-0.05, 0) is 18.9 Å². The van der Waals surface area contributed by atoms with Crippen molar-refractivity contribution in [3.63, 3.8) is 0 Å². The molecule has 0 bridgehead atoms. The first-order chi connectivity index (χ1) is 13.2. The van der Waals surface area contributed by atoms with Crippen molar-refractivity contribution in [2.24, 2.45) is 11.7 Å². The number of rotatable bonds is 3. The molecule has 0 atom stereocenters. The van der Waals surface area contributed by atoms with Gasteiger partial charge in [-0.25, -0.2) is 14.5 Å². The Kier molecular flexibility index (Phi) is 4.37. The van der Waals surface area contributed by atoms with Gasteiger partial charge in [0.1, 0.15) is 5.82 Å². The lowest BCUT2D eigenvalue weighted by Crippen LogP contribution is -2.38. The summed E-state index contributed by atoms with van der Waals surface area (Å²) in [6, 6.07) is 0.935. The van der Waals surface area contributed by atoms with Gasteiger partial charge in [0.15, 0.2) is 0 Å². The zero-order chi connectivity index (χ0) is 20.1. The van der Waals surface area contributed by atoms with E-state index in [1.807, 2.05) is 4.90 Å². The molecule has 0 aliphatic carbocycles. The van der Waals surface area contributed by atoms with Gasteiger partial charge in [0.05, 0.1) is 17.5 Å². The number of hydrogen-bond donors (Lipinski definition) is 2. The lowest BCUT2D eigenvalue weighted by Gasteiger charge is -2.29. The Morgan fingerprint density at radius 1 is 1.29 bits per heavy atom. The van der Waals surface area contributed by atoms with E-state index >= 15 is 0 Å². The van der Waals surface area contributed by atoms with Crippen molar-refractivity contribution in [2.75, 3.05) is 23.7 Å². The Labute approximate surface area is 161 Å². The summed E-state index contributed by atoms with van der Waals surface area (Å²) in [6.07, 6.45) is -0.447. The molecule has 3 aromatic heterocycles. The molecule has 4 heterocycles. The number of carbonyl (C=O) groups is 1. The van der Waals surface area contributed by atoms with E-state index in [9.17, 15) is 18.0 Å². The smallest absolute Gasteiger partial charge is 0.383 e. The number of anilines is 2. The van der Waals surface area contributed by atoms with Gasteiger partial charge in [0.25, 0.3) is 0 Å². The number of hydrogen-bond acceptors (Lipinski definition) is 7. The third kappa shape index (κ3) is 3.35. The van der Waals surface area contributed by atoms with Crippen molar-refractivity contribution < 1.29 is 18.0 Å². The highest BCUT2D eigenvalue weighted by Crippen LogP contribution is 2.35. The highest BCUT2D eigenvalue weighted by molar-refractivity contribution is 7.20. The van der Waals surface area contributed by atoms with Gasteiger partial charge in [-0.2, -0.15) is 13.2 Å². The standard InChI is InChI=1S/C16H16F3N7OS/c17-16(18,19)10-5-9(6-22-12(10)20)11-7-26-14(23-11)28-15(24-26)25-3-1-8(2-4-25)13(21)27/h5-8H,1-4H2,(H2,20,22)(H2,21,27). The first-order valence-corrected chi connectivity index (χ1v) is 9.27. The van der Waals surface area contributed by atoms with Gasteiger partial charge < -0.3 is 16.4 Å². The number of piperidine rings is 1. The van der Waals surface area contributed by atoms with Gasteiger partial charge in [-0.15, -0.1) is 5.10 Å². The first-order valence-electron chi connectivity index (χ1n) is 8.46. The van der Waals surface area contributed by atoms with Crippen molar-refractivity contribution in [3.05, 3.63) is 24.0 Å². The van der Waals surface area contributed by atoms with E-state index in [0.717, 1.165) is 11.2 Å². The van der Waals surface area contributed by atoms with Crippen LogP contribution in [0, 0.1) is 5.92 Å². The van der Waals surface area contributed by atoms with Gasteiger partial charge in [0, 0.05) is 30.8 Å². The second-order valence-corrected chi connectivity index (χ2v) is 7.49. The van der Waals surface area contributed by atoms with E-state index in [2.05, 4.69) is 15.1 Å². The quantitative estimate of drug-likeness (QED) is 0.682. The summed E-state index contributed by atoms with van der Waals surface area (Å²) in [4.78, 5) is 21.9. The summed E-state index contributed by atoms with van der Waals surface area (Å²) in [5.41, 5.74) is 10.2. The number of fused-ring (bicyclic) bond motifs is 1. The Balaban J connectivity index is 1.58. The summed E-state index contributed by atoms with van der Waals surface area (Å²) in [7, 11) is 0. The van der Waals surface area contributed by atoms with Crippen LogP contribution in [0.5, 0.6) is 0 Å². The molecule has 3 aromatic rings. The molecule has 1 fully saturated rings. The van der Waals surface area contributed by atoms with Crippen LogP contribution < -0.4 is 16.4 Å². The number of nitrogens with zero attached hydrogens (tertiary/aromatic N) is 5. The maximum Gasteiger partial charge on any atom is 0.419 e. The highest BCUT2D eigenvalue weighted by atomic mass is 32.1. The molecule has 148 valence electrons. The van der Waals surface area contributed by atoms with E-state index < -0.39 is 17.6 Å². The lowest BCUT2D eigenvalue weighted by molar-refractivity contribution is -0.137. The molecule has 0 saturated carbocycles. The van der Waals surface area contributed by atoms with Crippen LogP contribution >= 0.6 is 11.3 Å². The number of nitrogen functional groups attached to an aromatic ring is 1. The molecule has 1 aliphatic rings. The maximum atomic E-state index is 13.0. The number of nitrogens with two attached hydrogens (primary N) is 2. The van der Waals surface area contributed by atoms with Crippen LogP contribution in [0.15, 0.2) is 18.5 Å². The minimum Gasteiger partial charge on any atom is -0.383 e. The molecular weight excluding hydrogens is 395 g/mol. The Bertz CT molecular complexity index is 1010. The molecule has 8 nitrogen and oxygen atoms in total. The first kappa shape index (κ1) is 18.5. The predicted molar refractivity (Wildman–Crippen MR) is 97.6 cm³/mol. The van der Waals surface area contributed by atoms with E-state index in [-0.39, 0.29) is 17.4 Å². The number of alkyl halides is 3. The molecule has 4 rings (SSSR count). The van der Waals surface area contributed by atoms with Gasteiger partial charge >= 0.3 is 6.18 Å². The molecule has 12 heteroatoms. The molecule has 4 N–H and O–H groups in total. The minimum absolute atomic E-state index is 0.118. The number of aromatic nitrogens is 4. The molecule has 0 unspecified atom stereocenters. The second kappa shape index (κ2) is 6.62. The SMILES string of the molecule is NC(=O)C1CCN(c2nn3cc(-c4cnc(N)c(C(F)(F)F)c4)nc3s2)CC1. The monoisotopic (exact) mass is 411 g/mol. The maximum absolute atomic E-state index is 13.0. The predicted octanol–water partition coefficient (Wildman–Crippen LogP) is 2.16. The molecule has 1 saturated heterocycles. The van der Waals surface area contributed by atoms with Crippen molar-refractivity contribution in [1.82, 2.24) is 19.6 Å². The summed E-state index contributed by atoms with van der Waals surface area (Å²) in [5, 5.41) is 5.20. The largest absolute Gasteiger partial charge is 0.419 e. The zero-order valence-electron chi connectivity index (χ0n) is 14.5. The normalized spacial score (nSPS) is 16.0. The van der Waals surface area contributed by atoms with Crippen LogP contribution in [-0.2, 0) is 11.0 Å². The van der Waals surface area contributed by atoms with Crippen molar-refractivity contribution >= 4 is 33.2 Å². The summed E-state index contributed by atoms with van der Waals surface area (Å²) < 4.78 is 40.6. The summed E-state index contributed by atoms with van der Waals surface area (Å²) >= 11 is 1.32. The highest BCUT2D eigenvalue weighted by Gasteiger charge is 2.34. The van der Waals surface area contributed by atoms with Crippen LogP contribution in [0.1, 0.15) is 18.4 Å². The average Bonchev–Trinajstić information content (AvgIpc) is 3.20. The van der Waals surface area contributed by atoms with Crippen molar-refractivity contribution in [2.45, 2.75) is 19.0 Å². The number of halogens is 3. The number of imidazole rings is 1. The number of carbonyl (C=O) groups excluding carboxylic acids is 1. The van der Waals surface area contributed by atoms with Crippen molar-refractivity contribution in [1.29, 1.82) is 0 Å². The zero-order valence-corrected chi connectivity index (χ0v) is 15.3. The van der Waals surface area contributed by atoms with E-state index in [1.165, 1.54) is 22.0 Å². The van der Waals surface area contributed by atoms with Crippen LogP contribution in [0.3, 0.4) is 0 Å². The van der Waals surface area contributed by atoms with Crippen LogP contribution in [0.4, 0.5) is 24.1 Å². The Morgan fingerprint density at radius 2 is 2.00 bits per heavy atom. The third-order valence-corrected chi connectivity index (χ3v) is 5.70. The van der Waals surface area contributed by atoms with Gasteiger partial charge in [-0.1, -0.05) is 11.3 Å². The number of primary amides is 1. The molecule has 0 spiro atoms. The van der Waals surface area contributed by atoms with Gasteiger partial charge in [-0.3, -0.25) is 4.79 Å². The molecule has 0 radical (unpaired) electrons. The molecule has 1 aliphatic heterocycles. The number of pyridine rings is 1. The molecule has 1 amide bonds. The minimum atomic E-state index is -4.59. The van der Waals surface area contributed by atoms with Crippen molar-refractivity contribution in [3.8, 4) is 11.3 Å². The van der Waals surface area contributed by atoms with Crippen LogP contribution in [-0.4, -0.2) is 38.6 Å².